The molecule has 0 aliphatic rings. The van der Waals surface area contributed by atoms with Crippen LogP contribution >= 0.6 is 11.6 Å². The summed E-state index contributed by atoms with van der Waals surface area (Å²) in [6, 6.07) is 7.44. The van der Waals surface area contributed by atoms with Gasteiger partial charge in [0.15, 0.2) is 0 Å². The highest BCUT2D eigenvalue weighted by Crippen LogP contribution is 2.23. The average Bonchev–Trinajstić information content (AvgIpc) is 2.86. The molecular formula is C24H24ClF4N5O3. The molecule has 3 amide bonds. The van der Waals surface area contributed by atoms with Crippen molar-refractivity contribution in [3.05, 3.63) is 70.9 Å². The lowest BCUT2D eigenvalue weighted by molar-refractivity contribution is -0.0260. The van der Waals surface area contributed by atoms with Gasteiger partial charge in [0.25, 0.3) is 5.92 Å². The molecule has 1 aromatic heterocycles. The lowest BCUT2D eigenvalue weighted by atomic mass is 10.1. The third-order valence-electron chi connectivity index (χ3n) is 5.48. The number of pyridine rings is 1. The van der Waals surface area contributed by atoms with Crippen LogP contribution in [0, 0.1) is 11.6 Å². The van der Waals surface area contributed by atoms with Crippen LogP contribution in [0.5, 0.6) is 0 Å². The smallest absolute Gasteiger partial charge is 0.412 e. The number of hydrogen-bond donors (Lipinski definition) is 3. The average molecular weight is 542 g/mol. The number of nitrogens with two attached hydrogens (primary N) is 1. The number of rotatable bonds is 9. The Morgan fingerprint density at radius 2 is 1.95 bits per heavy atom. The maximum Gasteiger partial charge on any atom is 0.412 e. The highest BCUT2D eigenvalue weighted by molar-refractivity contribution is 6.31. The summed E-state index contributed by atoms with van der Waals surface area (Å²) in [5.74, 6) is -4.45. The molecule has 0 saturated heterocycles. The van der Waals surface area contributed by atoms with Gasteiger partial charge < -0.3 is 20.7 Å². The number of fused-ring (bicyclic) bond motifs is 1. The summed E-state index contributed by atoms with van der Waals surface area (Å²) in [6.45, 7) is -1.76. The van der Waals surface area contributed by atoms with Crippen molar-refractivity contribution in [2.24, 2.45) is 5.73 Å². The number of nitrogens with one attached hydrogen (secondary N) is 2. The molecule has 1 atom stereocenters. The summed E-state index contributed by atoms with van der Waals surface area (Å²) in [6.07, 6.45) is -0.503. The van der Waals surface area contributed by atoms with Crippen molar-refractivity contribution in [2.75, 3.05) is 25.5 Å². The van der Waals surface area contributed by atoms with E-state index < -0.39 is 55.3 Å². The molecule has 0 bridgehead atoms. The normalized spacial score (nSPS) is 12.2. The molecule has 0 aliphatic carbocycles. The Morgan fingerprint density at radius 3 is 2.68 bits per heavy atom. The van der Waals surface area contributed by atoms with E-state index in [1.165, 1.54) is 49.6 Å². The number of carbonyl (C=O) groups is 2. The molecular weight excluding hydrogens is 518 g/mol. The Kier molecular flexibility index (Phi) is 9.11. The fraction of sp³-hybridized carbons (Fsp3) is 0.292. The quantitative estimate of drug-likeness (QED) is 0.334. The number of ether oxygens (including phenoxy) is 1. The molecule has 8 nitrogen and oxygen atoms in total. The van der Waals surface area contributed by atoms with Gasteiger partial charge in [-0.25, -0.2) is 32.1 Å². The third kappa shape index (κ3) is 7.67. The molecule has 0 unspecified atom stereocenters. The number of anilines is 1. The topological polar surface area (TPSA) is 110 Å². The van der Waals surface area contributed by atoms with E-state index in [0.29, 0.717) is 10.8 Å². The Balaban J connectivity index is 1.64. The molecule has 3 aromatic rings. The van der Waals surface area contributed by atoms with Crippen LogP contribution in [-0.4, -0.2) is 54.2 Å². The zero-order valence-corrected chi connectivity index (χ0v) is 20.4. The highest BCUT2D eigenvalue weighted by atomic mass is 35.5. The van der Waals surface area contributed by atoms with Crippen LogP contribution in [0.1, 0.15) is 12.0 Å². The standard InChI is InChI=1S/C24H24ClF4N5O3/c1-34(22(35)32-11-15-3-2-4-19(27)21(15)25)18(9-24(28,29)13-30)12-37-23(36)33-20-8-16-7-17(26)6-5-14(16)10-31-20/h2-8,10,18H,9,11-13,30H2,1H3,(H,32,35)(H,31,33,36)/t18-/m0/s1. The van der Waals surface area contributed by atoms with Crippen LogP contribution in [0.4, 0.5) is 33.0 Å². The maximum atomic E-state index is 14.1. The number of amides is 3. The van der Waals surface area contributed by atoms with Crippen molar-refractivity contribution in [3.8, 4) is 0 Å². The van der Waals surface area contributed by atoms with Crippen LogP contribution in [0.2, 0.25) is 5.02 Å². The Labute approximate surface area is 214 Å². The van der Waals surface area contributed by atoms with E-state index in [4.69, 9.17) is 22.1 Å². The lowest BCUT2D eigenvalue weighted by Crippen LogP contribution is -2.49. The van der Waals surface area contributed by atoms with E-state index in [2.05, 4.69) is 15.6 Å². The summed E-state index contributed by atoms with van der Waals surface area (Å²) in [7, 11) is 1.24. The monoisotopic (exact) mass is 541 g/mol. The first-order valence-corrected chi connectivity index (χ1v) is 11.4. The molecule has 0 saturated carbocycles. The number of carbonyl (C=O) groups excluding carboxylic acids is 2. The van der Waals surface area contributed by atoms with E-state index in [9.17, 15) is 27.2 Å². The molecule has 0 radical (unpaired) electrons. The molecule has 2 aromatic carbocycles. The van der Waals surface area contributed by atoms with Crippen LogP contribution in [0.15, 0.2) is 48.7 Å². The summed E-state index contributed by atoms with van der Waals surface area (Å²) >= 11 is 5.87. The minimum Gasteiger partial charge on any atom is -0.447 e. The van der Waals surface area contributed by atoms with Gasteiger partial charge in [0.1, 0.15) is 24.1 Å². The number of aromatic nitrogens is 1. The second kappa shape index (κ2) is 12.1. The fourth-order valence-corrected chi connectivity index (χ4v) is 3.57. The first-order chi connectivity index (χ1) is 17.5. The predicted molar refractivity (Wildman–Crippen MR) is 130 cm³/mol. The second-order valence-corrected chi connectivity index (χ2v) is 8.56. The van der Waals surface area contributed by atoms with Gasteiger partial charge >= 0.3 is 12.1 Å². The molecule has 1 heterocycles. The number of hydrogen-bond acceptors (Lipinski definition) is 5. The summed E-state index contributed by atoms with van der Waals surface area (Å²) in [4.78, 5) is 29.9. The Bertz CT molecular complexity index is 1280. The maximum absolute atomic E-state index is 14.1. The van der Waals surface area contributed by atoms with Gasteiger partial charge in [-0.1, -0.05) is 23.7 Å². The van der Waals surface area contributed by atoms with Crippen molar-refractivity contribution < 1.29 is 31.9 Å². The minimum absolute atomic E-state index is 0.0463. The van der Waals surface area contributed by atoms with E-state index in [1.807, 2.05) is 0 Å². The van der Waals surface area contributed by atoms with E-state index >= 15 is 0 Å². The summed E-state index contributed by atoms with van der Waals surface area (Å²) in [5, 5.41) is 5.73. The molecule has 4 N–H and O–H groups in total. The molecule has 198 valence electrons. The van der Waals surface area contributed by atoms with Crippen LogP contribution < -0.4 is 16.4 Å². The zero-order chi connectivity index (χ0) is 27.2. The zero-order valence-electron chi connectivity index (χ0n) is 19.6. The largest absolute Gasteiger partial charge is 0.447 e. The van der Waals surface area contributed by atoms with Crippen LogP contribution in [-0.2, 0) is 11.3 Å². The van der Waals surface area contributed by atoms with Gasteiger partial charge in [0.2, 0.25) is 0 Å². The van der Waals surface area contributed by atoms with Crippen LogP contribution in [0.25, 0.3) is 10.8 Å². The molecule has 0 fully saturated rings. The van der Waals surface area contributed by atoms with Gasteiger partial charge in [-0.3, -0.25) is 5.32 Å². The first kappa shape index (κ1) is 27.9. The number of urea groups is 1. The van der Waals surface area contributed by atoms with Crippen molar-refractivity contribution in [3.63, 3.8) is 0 Å². The minimum atomic E-state index is -3.35. The molecule has 37 heavy (non-hydrogen) atoms. The van der Waals surface area contributed by atoms with Crippen molar-refractivity contribution in [1.82, 2.24) is 15.2 Å². The fourth-order valence-electron chi connectivity index (χ4n) is 3.37. The van der Waals surface area contributed by atoms with Crippen molar-refractivity contribution in [1.29, 1.82) is 0 Å². The van der Waals surface area contributed by atoms with Gasteiger partial charge in [-0.2, -0.15) is 0 Å². The third-order valence-corrected chi connectivity index (χ3v) is 5.91. The Hall–Kier alpha value is -3.64. The van der Waals surface area contributed by atoms with Gasteiger partial charge in [0.05, 0.1) is 17.6 Å². The predicted octanol–water partition coefficient (Wildman–Crippen LogP) is 4.91. The lowest BCUT2D eigenvalue weighted by Gasteiger charge is -2.30. The molecule has 0 spiro atoms. The van der Waals surface area contributed by atoms with Crippen molar-refractivity contribution >= 4 is 40.3 Å². The van der Waals surface area contributed by atoms with Gasteiger partial charge in [-0.05, 0) is 41.3 Å². The summed E-state index contributed by atoms with van der Waals surface area (Å²) < 4.78 is 60.3. The van der Waals surface area contributed by atoms with Gasteiger partial charge in [-0.15, -0.1) is 0 Å². The second-order valence-electron chi connectivity index (χ2n) is 8.19. The highest BCUT2D eigenvalue weighted by Gasteiger charge is 2.35. The number of benzene rings is 2. The van der Waals surface area contributed by atoms with Gasteiger partial charge in [0, 0.05) is 31.6 Å². The number of nitrogens with zero attached hydrogens (tertiary/aromatic N) is 2. The summed E-state index contributed by atoms with van der Waals surface area (Å²) in [5.41, 5.74) is 5.42. The van der Waals surface area contributed by atoms with Crippen LogP contribution in [0.3, 0.4) is 0 Å². The number of alkyl halides is 2. The first-order valence-electron chi connectivity index (χ1n) is 11.0. The van der Waals surface area contributed by atoms with E-state index in [0.717, 1.165) is 11.0 Å². The SMILES string of the molecule is CN(C(=O)NCc1cccc(F)c1Cl)[C@H](COC(=O)Nc1cc2cc(F)ccc2cn1)CC(F)(F)CN. The molecule has 0 aliphatic heterocycles. The Morgan fingerprint density at radius 1 is 1.19 bits per heavy atom. The van der Waals surface area contributed by atoms with E-state index in [-0.39, 0.29) is 22.9 Å². The van der Waals surface area contributed by atoms with Crippen molar-refractivity contribution in [2.45, 2.75) is 24.9 Å². The van der Waals surface area contributed by atoms with E-state index in [1.54, 1.807) is 0 Å². The number of likely N-dealkylation sites (N-methyl/N-ethyl adjacent to an activating group) is 1. The number of halogens is 5. The molecule has 13 heteroatoms. The molecule has 3 rings (SSSR count).